The summed E-state index contributed by atoms with van der Waals surface area (Å²) in [5.74, 6) is 2.39. The molecule has 0 spiro atoms. The lowest BCUT2D eigenvalue weighted by molar-refractivity contribution is 0.262. The van der Waals surface area contributed by atoms with Gasteiger partial charge >= 0.3 is 6.03 Å². The van der Waals surface area contributed by atoms with Crippen molar-refractivity contribution >= 4 is 38.1 Å². The Bertz CT molecular complexity index is 2050. The number of hydrogen-bond donors (Lipinski definition) is 2. The van der Waals surface area contributed by atoms with Crippen molar-refractivity contribution in [1.29, 1.82) is 0 Å². The SMILES string of the molecule is COc1cc(Cc2nccc(Oc3ccc(NC(=O)Nc4cc(C(C)(C)C)nn4C)c4ccccc34)n2)cc(S(=O)(=O)C2CC2)c1. The van der Waals surface area contributed by atoms with Crippen LogP contribution in [-0.2, 0) is 28.7 Å². The van der Waals surface area contributed by atoms with Crippen molar-refractivity contribution in [1.82, 2.24) is 19.7 Å². The number of sulfone groups is 1. The quantitative estimate of drug-likeness (QED) is 0.183. The Hall–Kier alpha value is -4.97. The average Bonchev–Trinajstić information content (AvgIpc) is 3.82. The first-order valence-electron chi connectivity index (χ1n) is 15.0. The molecule has 46 heavy (non-hydrogen) atoms. The zero-order valence-electron chi connectivity index (χ0n) is 26.4. The highest BCUT2D eigenvalue weighted by atomic mass is 32.2. The minimum absolute atomic E-state index is 0.151. The number of methoxy groups -OCH3 is 1. The molecule has 1 saturated carbocycles. The first kappa shape index (κ1) is 31.0. The van der Waals surface area contributed by atoms with Crippen molar-refractivity contribution in [3.05, 3.63) is 90.0 Å². The van der Waals surface area contributed by atoms with Crippen molar-refractivity contribution in [2.45, 2.75) is 55.6 Å². The van der Waals surface area contributed by atoms with Crippen LogP contribution in [0.5, 0.6) is 17.4 Å². The van der Waals surface area contributed by atoms with Gasteiger partial charge in [-0.2, -0.15) is 10.1 Å². The topological polar surface area (TPSA) is 137 Å². The van der Waals surface area contributed by atoms with Crippen LogP contribution in [0.4, 0.5) is 16.3 Å². The minimum atomic E-state index is -3.40. The Morgan fingerprint density at radius 2 is 1.76 bits per heavy atom. The van der Waals surface area contributed by atoms with E-state index >= 15 is 0 Å². The van der Waals surface area contributed by atoms with E-state index in [0.29, 0.717) is 47.6 Å². The van der Waals surface area contributed by atoms with Gasteiger partial charge in [0.05, 0.1) is 28.6 Å². The Balaban J connectivity index is 1.21. The van der Waals surface area contributed by atoms with Crippen LogP contribution in [-0.4, -0.2) is 46.6 Å². The van der Waals surface area contributed by atoms with Crippen molar-refractivity contribution in [3.8, 4) is 17.4 Å². The van der Waals surface area contributed by atoms with E-state index in [0.717, 1.165) is 22.0 Å². The van der Waals surface area contributed by atoms with Gasteiger partial charge in [-0.05, 0) is 48.7 Å². The Morgan fingerprint density at radius 3 is 2.46 bits per heavy atom. The molecule has 2 heterocycles. The Kier molecular flexibility index (Phi) is 8.15. The molecule has 0 saturated heterocycles. The number of hydrogen-bond acceptors (Lipinski definition) is 8. The van der Waals surface area contributed by atoms with Gasteiger partial charge in [0, 0.05) is 48.0 Å². The summed E-state index contributed by atoms with van der Waals surface area (Å²) in [6, 6.07) is 19.3. The van der Waals surface area contributed by atoms with E-state index < -0.39 is 15.9 Å². The maximum atomic E-state index is 13.0. The fraction of sp³-hybridized carbons (Fsp3) is 0.294. The largest absolute Gasteiger partial charge is 0.497 e. The molecule has 1 aliphatic carbocycles. The lowest BCUT2D eigenvalue weighted by atomic mass is 9.92. The third kappa shape index (κ3) is 6.66. The molecule has 0 bridgehead atoms. The first-order chi connectivity index (χ1) is 21.9. The molecule has 2 amide bonds. The zero-order chi connectivity index (χ0) is 32.6. The predicted octanol–water partition coefficient (Wildman–Crippen LogP) is 6.63. The summed E-state index contributed by atoms with van der Waals surface area (Å²) in [6.07, 6.45) is 3.25. The summed E-state index contributed by atoms with van der Waals surface area (Å²) in [6.45, 7) is 6.20. The number of nitrogens with one attached hydrogen (secondary N) is 2. The monoisotopic (exact) mass is 640 g/mol. The predicted molar refractivity (Wildman–Crippen MR) is 177 cm³/mol. The highest BCUT2D eigenvalue weighted by Crippen LogP contribution is 2.36. The van der Waals surface area contributed by atoms with Crippen LogP contribution in [0.3, 0.4) is 0 Å². The first-order valence-corrected chi connectivity index (χ1v) is 16.5. The van der Waals surface area contributed by atoms with Gasteiger partial charge in [-0.1, -0.05) is 45.0 Å². The molecule has 11 nitrogen and oxygen atoms in total. The average molecular weight is 641 g/mol. The third-order valence-corrected chi connectivity index (χ3v) is 9.99. The normalized spacial score (nSPS) is 13.4. The molecule has 5 aromatic rings. The second kappa shape index (κ2) is 12.1. The molecule has 0 radical (unpaired) electrons. The maximum absolute atomic E-state index is 13.0. The van der Waals surface area contributed by atoms with E-state index in [9.17, 15) is 13.2 Å². The van der Waals surface area contributed by atoms with Gasteiger partial charge < -0.3 is 14.8 Å². The lowest BCUT2D eigenvalue weighted by Crippen LogP contribution is -2.21. The molecule has 3 aromatic carbocycles. The molecular formula is C34H36N6O5S. The van der Waals surface area contributed by atoms with Gasteiger partial charge in [0.25, 0.3) is 0 Å². The van der Waals surface area contributed by atoms with Crippen LogP contribution in [0.25, 0.3) is 10.8 Å². The summed E-state index contributed by atoms with van der Waals surface area (Å²) in [4.78, 5) is 22.2. The summed E-state index contributed by atoms with van der Waals surface area (Å²) >= 11 is 0. The Morgan fingerprint density at radius 1 is 1.00 bits per heavy atom. The number of aromatic nitrogens is 4. The smallest absolute Gasteiger partial charge is 0.324 e. The van der Waals surface area contributed by atoms with Crippen molar-refractivity contribution in [2.75, 3.05) is 17.7 Å². The van der Waals surface area contributed by atoms with Crippen molar-refractivity contribution < 1.29 is 22.7 Å². The zero-order valence-corrected chi connectivity index (χ0v) is 27.2. The maximum Gasteiger partial charge on any atom is 0.324 e. The van der Waals surface area contributed by atoms with E-state index in [2.05, 4.69) is 46.5 Å². The molecule has 0 atom stereocenters. The van der Waals surface area contributed by atoms with Crippen molar-refractivity contribution in [2.24, 2.45) is 7.05 Å². The van der Waals surface area contributed by atoms with E-state index in [1.807, 2.05) is 30.3 Å². The number of carbonyl (C=O) groups is 1. The highest BCUT2D eigenvalue weighted by Gasteiger charge is 2.37. The van der Waals surface area contributed by atoms with Gasteiger partial charge in [0.1, 0.15) is 23.1 Å². The lowest BCUT2D eigenvalue weighted by Gasteiger charge is -2.14. The second-order valence-corrected chi connectivity index (χ2v) is 14.6. The Labute approximate surface area is 267 Å². The third-order valence-electron chi connectivity index (χ3n) is 7.75. The number of rotatable bonds is 9. The van der Waals surface area contributed by atoms with Crippen LogP contribution in [0.1, 0.15) is 50.7 Å². The van der Waals surface area contributed by atoms with Crippen LogP contribution in [0.2, 0.25) is 0 Å². The summed E-state index contributed by atoms with van der Waals surface area (Å²) in [5.41, 5.74) is 2.05. The standard InChI is InChI=1S/C34H36N6O5S/c1-34(2,3)29-20-31(40(4)39-29)38-33(41)36-27-12-13-28(26-9-7-6-8-25(26)27)45-32-14-15-35-30(37-32)18-21-16-22(44-5)19-24(17-21)46(42,43)23-10-11-23/h6-9,12-17,19-20,23H,10-11,18H2,1-5H3,(H2,36,38,41). The molecule has 2 N–H and O–H groups in total. The number of anilines is 2. The minimum Gasteiger partial charge on any atom is -0.497 e. The number of nitrogens with zero attached hydrogens (tertiary/aromatic N) is 4. The number of urea groups is 1. The molecule has 0 unspecified atom stereocenters. The molecule has 6 rings (SSSR count). The van der Waals surface area contributed by atoms with Gasteiger partial charge in [0.15, 0.2) is 9.84 Å². The molecule has 12 heteroatoms. The molecule has 0 aliphatic heterocycles. The van der Waals surface area contributed by atoms with Crippen molar-refractivity contribution in [3.63, 3.8) is 0 Å². The number of ether oxygens (including phenoxy) is 2. The van der Waals surface area contributed by atoms with Crippen LogP contribution < -0.4 is 20.1 Å². The number of aryl methyl sites for hydroxylation is 1. The second-order valence-electron chi connectivity index (χ2n) is 12.4. The molecule has 1 fully saturated rings. The molecule has 238 valence electrons. The van der Waals surface area contributed by atoms with Crippen LogP contribution in [0, 0.1) is 0 Å². The molecule has 2 aromatic heterocycles. The fourth-order valence-corrected chi connectivity index (χ4v) is 6.83. The van der Waals surface area contributed by atoms with Gasteiger partial charge in [-0.15, -0.1) is 0 Å². The molecular weight excluding hydrogens is 604 g/mol. The molecule has 1 aliphatic rings. The highest BCUT2D eigenvalue weighted by molar-refractivity contribution is 7.92. The number of benzene rings is 3. The van der Waals surface area contributed by atoms with Crippen LogP contribution in [0.15, 0.2) is 77.8 Å². The van der Waals surface area contributed by atoms with Gasteiger partial charge in [-0.3, -0.25) is 10.00 Å². The number of amides is 2. The number of fused-ring (bicyclic) bond motifs is 1. The van der Waals surface area contributed by atoms with E-state index in [1.165, 1.54) is 7.11 Å². The number of carbonyl (C=O) groups excluding carboxylic acids is 1. The summed E-state index contributed by atoms with van der Waals surface area (Å²) < 4.78 is 39.1. The van der Waals surface area contributed by atoms with E-state index in [4.69, 9.17) is 9.47 Å². The van der Waals surface area contributed by atoms with Crippen LogP contribution >= 0.6 is 0 Å². The fourth-order valence-electron chi connectivity index (χ4n) is 5.09. The summed E-state index contributed by atoms with van der Waals surface area (Å²) in [7, 11) is -0.0935. The van der Waals surface area contributed by atoms with Gasteiger partial charge in [0.2, 0.25) is 5.88 Å². The van der Waals surface area contributed by atoms with E-state index in [1.54, 1.807) is 54.3 Å². The van der Waals surface area contributed by atoms with E-state index in [-0.39, 0.29) is 22.0 Å². The van der Waals surface area contributed by atoms with Gasteiger partial charge in [-0.25, -0.2) is 18.2 Å². The summed E-state index contributed by atoms with van der Waals surface area (Å²) in [5, 5.41) is 11.6.